The Kier molecular flexibility index (Phi) is 5.38. The monoisotopic (exact) mass is 305 g/mol. The molecule has 0 aliphatic heterocycles. The number of aromatic nitrogens is 2. The molecule has 1 aromatic carbocycles. The number of hydrogen-bond acceptors (Lipinski definition) is 5. The van der Waals surface area contributed by atoms with E-state index in [2.05, 4.69) is 29.3 Å². The number of rotatable bonds is 6. The molecule has 5 nitrogen and oxygen atoms in total. The second-order valence-corrected chi connectivity index (χ2v) is 5.98. The molecule has 2 rings (SSSR count). The van der Waals surface area contributed by atoms with Crippen LogP contribution in [-0.4, -0.2) is 40.9 Å². The first-order chi connectivity index (χ1) is 10.1. The Morgan fingerprint density at radius 2 is 2.00 bits per heavy atom. The molecule has 6 heteroatoms. The van der Waals surface area contributed by atoms with Gasteiger partial charge in [0.25, 0.3) is 5.22 Å². The van der Waals surface area contributed by atoms with E-state index < -0.39 is 0 Å². The van der Waals surface area contributed by atoms with Gasteiger partial charge in [-0.05, 0) is 11.5 Å². The minimum Gasteiger partial charge on any atom is -0.416 e. The Morgan fingerprint density at radius 3 is 2.67 bits per heavy atom. The Balaban J connectivity index is 1.90. The van der Waals surface area contributed by atoms with E-state index in [1.807, 2.05) is 18.2 Å². The molecule has 0 N–H and O–H groups in total. The van der Waals surface area contributed by atoms with Crippen molar-refractivity contribution in [1.82, 2.24) is 15.1 Å². The average Bonchev–Trinajstić information content (AvgIpc) is 2.93. The number of nitrogens with zero attached hydrogens (tertiary/aromatic N) is 3. The van der Waals surface area contributed by atoms with Gasteiger partial charge >= 0.3 is 0 Å². The minimum absolute atomic E-state index is 0.0254. The van der Waals surface area contributed by atoms with Crippen LogP contribution in [0.4, 0.5) is 0 Å². The van der Waals surface area contributed by atoms with Crippen molar-refractivity contribution < 1.29 is 9.21 Å². The highest BCUT2D eigenvalue weighted by molar-refractivity contribution is 7.99. The summed E-state index contributed by atoms with van der Waals surface area (Å²) in [6.45, 7) is 2.13. The molecule has 1 heterocycles. The van der Waals surface area contributed by atoms with Gasteiger partial charge in [-0.1, -0.05) is 49.0 Å². The van der Waals surface area contributed by atoms with Crippen LogP contribution in [0, 0.1) is 0 Å². The number of thioether (sulfide) groups is 1. The van der Waals surface area contributed by atoms with Gasteiger partial charge in [-0.3, -0.25) is 4.79 Å². The van der Waals surface area contributed by atoms with E-state index in [0.29, 0.717) is 29.2 Å². The van der Waals surface area contributed by atoms with E-state index >= 15 is 0 Å². The summed E-state index contributed by atoms with van der Waals surface area (Å²) >= 11 is 1.27. The van der Waals surface area contributed by atoms with Gasteiger partial charge in [0.2, 0.25) is 11.8 Å². The number of hydrogen-bond donors (Lipinski definition) is 0. The van der Waals surface area contributed by atoms with Gasteiger partial charge in [0.15, 0.2) is 0 Å². The highest BCUT2D eigenvalue weighted by Crippen LogP contribution is 2.22. The van der Waals surface area contributed by atoms with Gasteiger partial charge < -0.3 is 9.32 Å². The summed E-state index contributed by atoms with van der Waals surface area (Å²) < 4.78 is 5.58. The predicted molar refractivity (Wildman–Crippen MR) is 82.3 cm³/mol. The van der Waals surface area contributed by atoms with E-state index in [4.69, 9.17) is 4.42 Å². The Morgan fingerprint density at radius 1 is 1.29 bits per heavy atom. The molecule has 0 saturated carbocycles. The topological polar surface area (TPSA) is 59.2 Å². The first-order valence-electron chi connectivity index (χ1n) is 6.76. The Hall–Kier alpha value is -1.82. The number of amides is 1. The fraction of sp³-hybridized carbons (Fsp3) is 0.400. The molecule has 0 radical (unpaired) electrons. The fourth-order valence-corrected chi connectivity index (χ4v) is 2.55. The lowest BCUT2D eigenvalue weighted by molar-refractivity contribution is -0.125. The van der Waals surface area contributed by atoms with Crippen molar-refractivity contribution in [1.29, 1.82) is 0 Å². The summed E-state index contributed by atoms with van der Waals surface area (Å²) in [5, 5.41) is 8.46. The fourth-order valence-electron chi connectivity index (χ4n) is 1.79. The van der Waals surface area contributed by atoms with Crippen molar-refractivity contribution in [2.75, 3.05) is 19.8 Å². The maximum absolute atomic E-state index is 11.5. The second kappa shape index (κ2) is 7.26. The van der Waals surface area contributed by atoms with Crippen molar-refractivity contribution in [3.05, 3.63) is 41.8 Å². The summed E-state index contributed by atoms with van der Waals surface area (Å²) in [5.74, 6) is 1.25. The molecule has 2 aromatic rings. The second-order valence-electron chi connectivity index (χ2n) is 5.05. The van der Waals surface area contributed by atoms with Crippen molar-refractivity contribution in [3.63, 3.8) is 0 Å². The zero-order valence-electron chi connectivity index (χ0n) is 12.4. The van der Waals surface area contributed by atoms with E-state index in [1.165, 1.54) is 17.3 Å². The average molecular weight is 305 g/mol. The van der Waals surface area contributed by atoms with Gasteiger partial charge in [-0.25, -0.2) is 0 Å². The van der Waals surface area contributed by atoms with Gasteiger partial charge in [0, 0.05) is 20.5 Å². The number of carbonyl (C=O) groups excluding carboxylic acids is 1. The third-order valence-corrected chi connectivity index (χ3v) is 3.92. The minimum atomic E-state index is 0.0254. The zero-order valence-corrected chi connectivity index (χ0v) is 13.3. The SMILES string of the molecule is C[C@H](Cc1nnc(SCC(=O)N(C)C)o1)c1ccccc1. The van der Waals surface area contributed by atoms with Crippen LogP contribution >= 0.6 is 11.8 Å². The van der Waals surface area contributed by atoms with Gasteiger partial charge in [-0.2, -0.15) is 0 Å². The van der Waals surface area contributed by atoms with Gasteiger partial charge in [0.1, 0.15) is 0 Å². The first kappa shape index (κ1) is 15.6. The number of carbonyl (C=O) groups is 1. The molecule has 0 fully saturated rings. The summed E-state index contributed by atoms with van der Waals surface area (Å²) in [7, 11) is 3.45. The highest BCUT2D eigenvalue weighted by Gasteiger charge is 2.14. The Labute approximate surface area is 128 Å². The smallest absolute Gasteiger partial charge is 0.277 e. The third kappa shape index (κ3) is 4.60. The zero-order chi connectivity index (χ0) is 15.2. The molecule has 0 bridgehead atoms. The third-order valence-electron chi connectivity index (χ3n) is 3.12. The molecule has 1 aromatic heterocycles. The summed E-state index contributed by atoms with van der Waals surface area (Å²) in [6.07, 6.45) is 0.694. The molecule has 0 spiro atoms. The maximum atomic E-state index is 11.5. The first-order valence-corrected chi connectivity index (χ1v) is 7.75. The van der Waals surface area contributed by atoms with Gasteiger partial charge in [-0.15, -0.1) is 10.2 Å². The van der Waals surface area contributed by atoms with Crippen LogP contribution in [0.1, 0.15) is 24.3 Å². The molecule has 0 aliphatic carbocycles. The molecule has 1 amide bonds. The largest absolute Gasteiger partial charge is 0.416 e. The summed E-state index contributed by atoms with van der Waals surface area (Å²) in [4.78, 5) is 13.0. The lowest BCUT2D eigenvalue weighted by Gasteiger charge is -2.08. The van der Waals surface area contributed by atoms with Crippen LogP contribution in [0.15, 0.2) is 40.0 Å². The molecule has 0 saturated heterocycles. The van der Waals surface area contributed by atoms with Crippen molar-refractivity contribution in [2.45, 2.75) is 24.5 Å². The predicted octanol–water partition coefficient (Wildman–Crippen LogP) is 2.60. The van der Waals surface area contributed by atoms with Crippen molar-refractivity contribution >= 4 is 17.7 Å². The lowest BCUT2D eigenvalue weighted by Crippen LogP contribution is -2.23. The number of benzene rings is 1. The molecular formula is C15H19N3O2S. The van der Waals surface area contributed by atoms with Crippen LogP contribution < -0.4 is 0 Å². The maximum Gasteiger partial charge on any atom is 0.277 e. The van der Waals surface area contributed by atoms with Crippen LogP contribution in [0.2, 0.25) is 0 Å². The molecule has 21 heavy (non-hydrogen) atoms. The molecule has 112 valence electrons. The van der Waals surface area contributed by atoms with Crippen molar-refractivity contribution in [2.24, 2.45) is 0 Å². The van der Waals surface area contributed by atoms with Crippen LogP contribution in [0.5, 0.6) is 0 Å². The van der Waals surface area contributed by atoms with Crippen LogP contribution in [-0.2, 0) is 11.2 Å². The molecule has 0 aliphatic rings. The van der Waals surface area contributed by atoms with E-state index in [0.717, 1.165) is 0 Å². The van der Waals surface area contributed by atoms with Crippen molar-refractivity contribution in [3.8, 4) is 0 Å². The summed E-state index contributed by atoms with van der Waals surface area (Å²) in [5.41, 5.74) is 1.24. The van der Waals surface area contributed by atoms with Crippen LogP contribution in [0.25, 0.3) is 0 Å². The normalized spacial score (nSPS) is 12.1. The quantitative estimate of drug-likeness (QED) is 0.768. The highest BCUT2D eigenvalue weighted by atomic mass is 32.2. The molecular weight excluding hydrogens is 286 g/mol. The Bertz CT molecular complexity index is 584. The summed E-state index contributed by atoms with van der Waals surface area (Å²) in [6, 6.07) is 10.2. The lowest BCUT2D eigenvalue weighted by atomic mass is 9.98. The van der Waals surface area contributed by atoms with Gasteiger partial charge in [0.05, 0.1) is 5.75 Å². The van der Waals surface area contributed by atoms with E-state index in [-0.39, 0.29) is 5.91 Å². The molecule has 1 atom stereocenters. The van der Waals surface area contributed by atoms with Crippen LogP contribution in [0.3, 0.4) is 0 Å². The standard InChI is InChI=1S/C15H19N3O2S/c1-11(12-7-5-4-6-8-12)9-13-16-17-15(20-13)21-10-14(19)18(2)3/h4-8,11H,9-10H2,1-3H3/t11-/m1/s1. The van der Waals surface area contributed by atoms with E-state index in [9.17, 15) is 4.79 Å². The molecule has 0 unspecified atom stereocenters. The van der Waals surface area contributed by atoms with E-state index in [1.54, 1.807) is 19.0 Å².